The molecular weight excluding hydrogens is 204 g/mol. The number of guanidine groups is 1. The summed E-state index contributed by atoms with van der Waals surface area (Å²) < 4.78 is 0. The summed E-state index contributed by atoms with van der Waals surface area (Å²) in [5.41, 5.74) is 12.3. The zero-order valence-corrected chi connectivity index (χ0v) is 9.23. The Morgan fingerprint density at radius 1 is 1.31 bits per heavy atom. The molecule has 16 heavy (non-hydrogen) atoms. The maximum atomic E-state index is 10.8. The zero-order valence-electron chi connectivity index (χ0n) is 9.23. The van der Waals surface area contributed by atoms with E-state index in [2.05, 4.69) is 10.3 Å². The molecule has 0 spiro atoms. The predicted molar refractivity (Wildman–Crippen MR) is 65.1 cm³/mol. The average Bonchev–Trinajstić information content (AvgIpc) is 2.19. The van der Waals surface area contributed by atoms with Gasteiger partial charge >= 0.3 is 0 Å². The highest BCUT2D eigenvalue weighted by molar-refractivity contribution is 5.88. The van der Waals surface area contributed by atoms with E-state index in [1.54, 1.807) is 0 Å². The Kier molecular flexibility index (Phi) is 4.32. The van der Waals surface area contributed by atoms with Crippen LogP contribution in [0, 0.1) is 0 Å². The van der Waals surface area contributed by atoms with Gasteiger partial charge in [-0.3, -0.25) is 9.79 Å². The molecule has 0 atom stereocenters. The van der Waals surface area contributed by atoms with Gasteiger partial charge in [-0.05, 0) is 24.1 Å². The van der Waals surface area contributed by atoms with Crippen molar-refractivity contribution in [2.45, 2.75) is 13.3 Å². The summed E-state index contributed by atoms with van der Waals surface area (Å²) in [6.07, 6.45) is 0.776. The van der Waals surface area contributed by atoms with Crippen molar-refractivity contribution < 1.29 is 4.79 Å². The first-order chi connectivity index (χ1) is 7.58. The molecule has 86 valence electrons. The summed E-state index contributed by atoms with van der Waals surface area (Å²) in [7, 11) is 0. The van der Waals surface area contributed by atoms with Gasteiger partial charge < -0.3 is 16.8 Å². The normalized spacial score (nSPS) is 9.56. The SMILES string of the molecule is CC(=O)Nc1ccc(CCN=C(N)N)cc1. The van der Waals surface area contributed by atoms with Crippen LogP contribution in [0.5, 0.6) is 0 Å². The van der Waals surface area contributed by atoms with Crippen LogP contribution in [0.3, 0.4) is 0 Å². The fourth-order valence-corrected chi connectivity index (χ4v) is 1.27. The number of carbonyl (C=O) groups is 1. The largest absolute Gasteiger partial charge is 0.370 e. The number of nitrogens with one attached hydrogen (secondary N) is 1. The molecule has 1 aromatic carbocycles. The van der Waals surface area contributed by atoms with Crippen molar-refractivity contribution in [3.8, 4) is 0 Å². The minimum Gasteiger partial charge on any atom is -0.370 e. The van der Waals surface area contributed by atoms with Crippen LogP contribution in [0.1, 0.15) is 12.5 Å². The number of amides is 1. The lowest BCUT2D eigenvalue weighted by molar-refractivity contribution is -0.114. The Bertz CT molecular complexity index is 379. The summed E-state index contributed by atoms with van der Waals surface area (Å²) in [5, 5.41) is 2.70. The molecule has 0 radical (unpaired) electrons. The van der Waals surface area contributed by atoms with E-state index < -0.39 is 0 Å². The Labute approximate surface area is 94.5 Å². The molecule has 0 aromatic heterocycles. The van der Waals surface area contributed by atoms with Gasteiger partial charge in [-0.1, -0.05) is 12.1 Å². The van der Waals surface area contributed by atoms with E-state index in [0.717, 1.165) is 17.7 Å². The first-order valence-electron chi connectivity index (χ1n) is 5.00. The first kappa shape index (κ1) is 12.0. The molecule has 0 saturated carbocycles. The van der Waals surface area contributed by atoms with Gasteiger partial charge in [0, 0.05) is 19.2 Å². The van der Waals surface area contributed by atoms with Gasteiger partial charge in [0.15, 0.2) is 5.96 Å². The molecule has 0 fully saturated rings. The number of hydrogen-bond donors (Lipinski definition) is 3. The lowest BCUT2D eigenvalue weighted by atomic mass is 10.1. The maximum Gasteiger partial charge on any atom is 0.221 e. The van der Waals surface area contributed by atoms with Crippen LogP contribution < -0.4 is 16.8 Å². The van der Waals surface area contributed by atoms with Crippen molar-refractivity contribution in [2.75, 3.05) is 11.9 Å². The quantitative estimate of drug-likeness (QED) is 0.508. The Morgan fingerprint density at radius 2 is 1.94 bits per heavy atom. The van der Waals surface area contributed by atoms with Gasteiger partial charge in [-0.15, -0.1) is 0 Å². The van der Waals surface area contributed by atoms with E-state index in [0.29, 0.717) is 6.54 Å². The lowest BCUT2D eigenvalue weighted by Crippen LogP contribution is -2.23. The van der Waals surface area contributed by atoms with E-state index in [-0.39, 0.29) is 11.9 Å². The third-order valence-electron chi connectivity index (χ3n) is 1.97. The van der Waals surface area contributed by atoms with Crippen LogP contribution in [-0.4, -0.2) is 18.4 Å². The smallest absolute Gasteiger partial charge is 0.221 e. The molecule has 0 aliphatic rings. The van der Waals surface area contributed by atoms with Crippen LogP contribution in [0.25, 0.3) is 0 Å². The highest BCUT2D eigenvalue weighted by atomic mass is 16.1. The first-order valence-corrected chi connectivity index (χ1v) is 5.00. The van der Waals surface area contributed by atoms with Crippen LogP contribution in [0.4, 0.5) is 5.69 Å². The minimum atomic E-state index is -0.0757. The molecule has 0 aliphatic carbocycles. The number of aliphatic imine (C=N–C) groups is 1. The van der Waals surface area contributed by atoms with Crippen molar-refractivity contribution in [3.63, 3.8) is 0 Å². The van der Waals surface area contributed by atoms with Gasteiger partial charge in [0.25, 0.3) is 0 Å². The molecule has 1 aromatic rings. The number of nitrogens with two attached hydrogens (primary N) is 2. The number of benzene rings is 1. The predicted octanol–water partition coefficient (Wildman–Crippen LogP) is 0.461. The number of anilines is 1. The molecular formula is C11H16N4O. The van der Waals surface area contributed by atoms with Crippen LogP contribution in [-0.2, 0) is 11.2 Å². The van der Waals surface area contributed by atoms with E-state index in [1.165, 1.54) is 6.92 Å². The van der Waals surface area contributed by atoms with Gasteiger partial charge in [0.2, 0.25) is 5.91 Å². The Hall–Kier alpha value is -2.04. The fraction of sp³-hybridized carbons (Fsp3) is 0.273. The Morgan fingerprint density at radius 3 is 2.44 bits per heavy atom. The summed E-state index contributed by atoms with van der Waals surface area (Å²) in [6.45, 7) is 2.05. The van der Waals surface area contributed by atoms with Gasteiger partial charge in [-0.25, -0.2) is 0 Å². The summed E-state index contributed by atoms with van der Waals surface area (Å²) in [5.74, 6) is 0.0307. The molecule has 0 bridgehead atoms. The lowest BCUT2D eigenvalue weighted by Gasteiger charge is -2.03. The average molecular weight is 220 g/mol. The van der Waals surface area contributed by atoms with E-state index in [1.807, 2.05) is 24.3 Å². The van der Waals surface area contributed by atoms with E-state index in [4.69, 9.17) is 11.5 Å². The van der Waals surface area contributed by atoms with Crippen molar-refractivity contribution in [2.24, 2.45) is 16.5 Å². The zero-order chi connectivity index (χ0) is 12.0. The van der Waals surface area contributed by atoms with Crippen molar-refractivity contribution >= 4 is 17.6 Å². The minimum absolute atomic E-state index is 0.0757. The van der Waals surface area contributed by atoms with Crippen molar-refractivity contribution in [3.05, 3.63) is 29.8 Å². The second kappa shape index (κ2) is 5.75. The molecule has 5 heteroatoms. The third kappa shape index (κ3) is 4.45. The summed E-state index contributed by atoms with van der Waals surface area (Å²) in [6, 6.07) is 7.58. The molecule has 0 unspecified atom stereocenters. The second-order valence-corrected chi connectivity index (χ2v) is 3.43. The molecule has 1 rings (SSSR count). The fourth-order valence-electron chi connectivity index (χ4n) is 1.27. The van der Waals surface area contributed by atoms with E-state index in [9.17, 15) is 4.79 Å². The maximum absolute atomic E-state index is 10.8. The topological polar surface area (TPSA) is 93.5 Å². The molecule has 0 aliphatic heterocycles. The summed E-state index contributed by atoms with van der Waals surface area (Å²) in [4.78, 5) is 14.7. The van der Waals surface area contributed by atoms with Crippen LogP contribution in [0.15, 0.2) is 29.3 Å². The molecule has 1 amide bonds. The van der Waals surface area contributed by atoms with Crippen LogP contribution >= 0.6 is 0 Å². The van der Waals surface area contributed by atoms with Crippen molar-refractivity contribution in [1.82, 2.24) is 0 Å². The Balaban J connectivity index is 2.51. The summed E-state index contributed by atoms with van der Waals surface area (Å²) >= 11 is 0. The van der Waals surface area contributed by atoms with Crippen LogP contribution in [0.2, 0.25) is 0 Å². The van der Waals surface area contributed by atoms with Crippen molar-refractivity contribution in [1.29, 1.82) is 0 Å². The number of hydrogen-bond acceptors (Lipinski definition) is 2. The number of nitrogens with zero attached hydrogens (tertiary/aromatic N) is 1. The number of carbonyl (C=O) groups excluding carboxylic acids is 1. The van der Waals surface area contributed by atoms with Gasteiger partial charge in [-0.2, -0.15) is 0 Å². The molecule has 5 nitrogen and oxygen atoms in total. The highest BCUT2D eigenvalue weighted by Gasteiger charge is 1.96. The number of rotatable bonds is 4. The molecule has 0 saturated heterocycles. The van der Waals surface area contributed by atoms with Gasteiger partial charge in [0.05, 0.1) is 0 Å². The molecule has 5 N–H and O–H groups in total. The van der Waals surface area contributed by atoms with Gasteiger partial charge in [0.1, 0.15) is 0 Å². The van der Waals surface area contributed by atoms with E-state index >= 15 is 0 Å². The standard InChI is InChI=1S/C11H16N4O/c1-8(16)15-10-4-2-9(3-5-10)6-7-14-11(12)13/h2-5H,6-7H2,1H3,(H,15,16)(H4,12,13,14). The third-order valence-corrected chi connectivity index (χ3v) is 1.97. The monoisotopic (exact) mass is 220 g/mol. The molecule has 0 heterocycles. The highest BCUT2D eigenvalue weighted by Crippen LogP contribution is 2.09. The second-order valence-electron chi connectivity index (χ2n) is 3.43.